The number of carbonyl (C=O) groups is 1. The average molecular weight is 354 g/mol. The van der Waals surface area contributed by atoms with E-state index >= 15 is 0 Å². The molecule has 1 fully saturated rings. The third-order valence-electron chi connectivity index (χ3n) is 3.56. The summed E-state index contributed by atoms with van der Waals surface area (Å²) in [6.07, 6.45) is 0.758. The molecule has 0 amide bonds. The first-order chi connectivity index (χ1) is 9.34. The monoisotopic (exact) mass is 352 g/mol. The molecule has 0 heterocycles. The van der Waals surface area contributed by atoms with Crippen molar-refractivity contribution in [2.24, 2.45) is 0 Å². The summed E-state index contributed by atoms with van der Waals surface area (Å²) in [7, 11) is 1.27. The lowest BCUT2D eigenvalue weighted by Gasteiger charge is -2.20. The highest BCUT2D eigenvalue weighted by Gasteiger charge is 2.67. The quantitative estimate of drug-likeness (QED) is 0.443. The van der Waals surface area contributed by atoms with E-state index in [1.54, 1.807) is 0 Å². The predicted octanol–water partition coefficient (Wildman–Crippen LogP) is 4.75. The molecule has 1 atom stereocenters. The van der Waals surface area contributed by atoms with Gasteiger partial charge in [0.2, 0.25) is 0 Å². The summed E-state index contributed by atoms with van der Waals surface area (Å²) in [6.45, 7) is 0. The van der Waals surface area contributed by atoms with E-state index in [-0.39, 0.29) is 16.5 Å². The van der Waals surface area contributed by atoms with Gasteiger partial charge in [-0.25, -0.2) is 4.79 Å². The molecule has 0 radical (unpaired) electrons. The number of ether oxygens (including phenoxy) is 1. The van der Waals surface area contributed by atoms with Crippen LogP contribution in [-0.4, -0.2) is 17.4 Å². The van der Waals surface area contributed by atoms with Crippen LogP contribution in [0.25, 0.3) is 0 Å². The van der Waals surface area contributed by atoms with Crippen LogP contribution in [0.5, 0.6) is 0 Å². The van der Waals surface area contributed by atoms with Crippen molar-refractivity contribution in [2.45, 2.75) is 22.6 Å². The number of esters is 1. The van der Waals surface area contributed by atoms with Crippen LogP contribution in [0.2, 0.25) is 0 Å². The van der Waals surface area contributed by atoms with E-state index in [1.807, 2.05) is 30.3 Å². The zero-order valence-electron chi connectivity index (χ0n) is 10.6. The first kappa shape index (κ1) is 16.0. The molecule has 0 N–H and O–H groups in total. The van der Waals surface area contributed by atoms with Gasteiger partial charge in [-0.3, -0.25) is 0 Å². The highest BCUT2D eigenvalue weighted by Crippen LogP contribution is 2.67. The zero-order chi connectivity index (χ0) is 15.0. The van der Waals surface area contributed by atoms with Gasteiger partial charge in [0.15, 0.2) is 0 Å². The number of rotatable bonds is 4. The minimum Gasteiger partial charge on any atom is -0.466 e. The van der Waals surface area contributed by atoms with Crippen LogP contribution in [0.1, 0.15) is 18.4 Å². The van der Waals surface area contributed by atoms with Crippen molar-refractivity contribution in [3.63, 3.8) is 0 Å². The Kier molecular flexibility index (Phi) is 4.60. The lowest BCUT2D eigenvalue weighted by molar-refractivity contribution is -0.136. The van der Waals surface area contributed by atoms with Crippen molar-refractivity contribution >= 4 is 52.4 Å². The van der Waals surface area contributed by atoms with Crippen molar-refractivity contribution in [1.82, 2.24) is 0 Å². The Hall–Kier alpha value is -0.410. The maximum Gasteiger partial charge on any atom is 0.336 e. The van der Waals surface area contributed by atoms with Gasteiger partial charge in [-0.05, 0) is 18.4 Å². The molecule has 1 aliphatic rings. The molecule has 2 nitrogen and oxygen atoms in total. The van der Waals surface area contributed by atoms with Gasteiger partial charge in [0.25, 0.3) is 0 Å². The summed E-state index contributed by atoms with van der Waals surface area (Å²) >= 11 is 24.2. The second kappa shape index (κ2) is 5.76. The van der Waals surface area contributed by atoms with Gasteiger partial charge in [0.1, 0.15) is 8.82 Å². The van der Waals surface area contributed by atoms with Crippen LogP contribution in [0.4, 0.5) is 0 Å². The Balaban J connectivity index is 2.38. The summed E-state index contributed by atoms with van der Waals surface area (Å²) in [4.78, 5) is 11.8. The molecule has 1 saturated carbocycles. The van der Waals surface area contributed by atoms with Gasteiger partial charge in [0, 0.05) is 5.41 Å². The molecular weight excluding hydrogens is 342 g/mol. The number of methoxy groups -OCH3 is 1. The molecule has 108 valence electrons. The molecule has 1 aromatic rings. The summed E-state index contributed by atoms with van der Waals surface area (Å²) in [5, 5.41) is 0. The smallest absolute Gasteiger partial charge is 0.336 e. The Morgan fingerprint density at radius 2 is 1.80 bits per heavy atom. The van der Waals surface area contributed by atoms with Crippen LogP contribution in [0, 0.1) is 0 Å². The summed E-state index contributed by atoms with van der Waals surface area (Å²) in [5.41, 5.74) is 0.555. The van der Waals surface area contributed by atoms with Gasteiger partial charge in [0.05, 0.1) is 12.7 Å². The van der Waals surface area contributed by atoms with E-state index in [2.05, 4.69) is 0 Å². The minimum atomic E-state index is -0.948. The fraction of sp³-hybridized carbons (Fsp3) is 0.357. The van der Waals surface area contributed by atoms with Crippen molar-refractivity contribution in [3.8, 4) is 0 Å². The molecule has 6 heteroatoms. The Bertz CT molecular complexity index is 550. The molecule has 2 rings (SSSR count). The summed E-state index contributed by atoms with van der Waals surface area (Å²) < 4.78 is 3.63. The maximum atomic E-state index is 11.8. The molecule has 1 aliphatic carbocycles. The minimum absolute atomic E-state index is 0.122. The van der Waals surface area contributed by atoms with Gasteiger partial charge in [-0.2, -0.15) is 0 Å². The van der Waals surface area contributed by atoms with Gasteiger partial charge in [-0.15, -0.1) is 23.2 Å². The van der Waals surface area contributed by atoms with Crippen LogP contribution in [-0.2, 0) is 14.9 Å². The van der Waals surface area contributed by atoms with Crippen LogP contribution in [0.3, 0.4) is 0 Å². The third kappa shape index (κ3) is 2.80. The lowest BCUT2D eigenvalue weighted by atomic mass is 9.89. The standard InChI is InChI=1S/C14H12Cl4O2/c1-20-12(19)10(11(15)16)7-13(8-14(13,17)18)9-5-3-2-4-6-9/h2-6H,7-8H2,1H3/t13-/m1/s1. The molecule has 0 spiro atoms. The summed E-state index contributed by atoms with van der Waals surface area (Å²) in [6, 6.07) is 9.52. The molecule has 1 aromatic carbocycles. The summed E-state index contributed by atoms with van der Waals surface area (Å²) in [5.74, 6) is -0.573. The molecule has 0 bridgehead atoms. The van der Waals surface area contributed by atoms with Crippen LogP contribution in [0.15, 0.2) is 40.4 Å². The number of benzene rings is 1. The molecular formula is C14H12Cl4O2. The molecule has 0 aromatic heterocycles. The lowest BCUT2D eigenvalue weighted by Crippen LogP contribution is -2.20. The number of carbonyl (C=O) groups excluding carboxylic acids is 1. The normalized spacial score (nSPS) is 23.1. The first-order valence-corrected chi connectivity index (χ1v) is 7.41. The van der Waals surface area contributed by atoms with Crippen molar-refractivity contribution in [1.29, 1.82) is 0 Å². The van der Waals surface area contributed by atoms with E-state index < -0.39 is 15.7 Å². The van der Waals surface area contributed by atoms with E-state index in [4.69, 9.17) is 51.1 Å². The number of hydrogen-bond acceptors (Lipinski definition) is 2. The van der Waals surface area contributed by atoms with Crippen molar-refractivity contribution in [2.75, 3.05) is 7.11 Å². The fourth-order valence-corrected chi connectivity index (χ4v) is 3.44. The first-order valence-electron chi connectivity index (χ1n) is 5.90. The van der Waals surface area contributed by atoms with Gasteiger partial charge in [-0.1, -0.05) is 53.5 Å². The Labute approximate surface area is 137 Å². The van der Waals surface area contributed by atoms with Crippen LogP contribution < -0.4 is 0 Å². The SMILES string of the molecule is COC(=O)C(C[C@]1(c2ccccc2)CC1(Cl)Cl)=C(Cl)Cl. The average Bonchev–Trinajstić information content (AvgIpc) is 2.99. The van der Waals surface area contributed by atoms with E-state index in [0.29, 0.717) is 6.42 Å². The second-order valence-corrected chi connectivity index (χ2v) is 7.17. The fourth-order valence-electron chi connectivity index (χ4n) is 2.34. The topological polar surface area (TPSA) is 26.3 Å². The molecule has 0 aliphatic heterocycles. The number of halogens is 4. The molecule has 0 unspecified atom stereocenters. The predicted molar refractivity (Wildman–Crippen MR) is 82.5 cm³/mol. The highest BCUT2D eigenvalue weighted by molar-refractivity contribution is 6.57. The molecule has 0 saturated heterocycles. The number of alkyl halides is 2. The van der Waals surface area contributed by atoms with Crippen molar-refractivity contribution in [3.05, 3.63) is 46.0 Å². The zero-order valence-corrected chi connectivity index (χ0v) is 13.7. The number of hydrogen-bond donors (Lipinski definition) is 0. The van der Waals surface area contributed by atoms with Gasteiger partial charge >= 0.3 is 5.97 Å². The highest BCUT2D eigenvalue weighted by atomic mass is 35.5. The molecule has 20 heavy (non-hydrogen) atoms. The van der Waals surface area contributed by atoms with E-state index in [0.717, 1.165) is 5.56 Å². The van der Waals surface area contributed by atoms with E-state index in [1.165, 1.54) is 7.11 Å². The van der Waals surface area contributed by atoms with E-state index in [9.17, 15) is 4.79 Å². The largest absolute Gasteiger partial charge is 0.466 e. The maximum absolute atomic E-state index is 11.8. The Morgan fingerprint density at radius 1 is 1.25 bits per heavy atom. The van der Waals surface area contributed by atoms with Crippen molar-refractivity contribution < 1.29 is 9.53 Å². The van der Waals surface area contributed by atoms with Gasteiger partial charge < -0.3 is 4.74 Å². The second-order valence-electron chi connectivity index (χ2n) is 4.74. The van der Waals surface area contributed by atoms with Crippen LogP contribution >= 0.6 is 46.4 Å². The third-order valence-corrected chi connectivity index (χ3v) is 5.01. The Morgan fingerprint density at radius 3 is 2.20 bits per heavy atom.